The molecule has 1 aromatic rings. The van der Waals surface area contributed by atoms with Crippen LogP contribution in [0.4, 0.5) is 0 Å². The fourth-order valence-electron chi connectivity index (χ4n) is 1.69. The predicted molar refractivity (Wildman–Crippen MR) is 74.6 cm³/mol. The number of amides is 1. The number of furan rings is 1. The van der Waals surface area contributed by atoms with Crippen LogP contribution >= 0.6 is 12.4 Å². The van der Waals surface area contributed by atoms with Crippen molar-refractivity contribution >= 4 is 18.3 Å². The SMILES string of the molecule is CN(Cc1ccco1)C(=O)CCCCCCN.Cl. The van der Waals surface area contributed by atoms with Gasteiger partial charge >= 0.3 is 0 Å². The van der Waals surface area contributed by atoms with Gasteiger partial charge in [-0.1, -0.05) is 12.8 Å². The van der Waals surface area contributed by atoms with Crippen LogP contribution in [0, 0.1) is 0 Å². The molecule has 0 radical (unpaired) electrons. The smallest absolute Gasteiger partial charge is 0.222 e. The Kier molecular flexibility index (Phi) is 9.42. The molecule has 0 aliphatic rings. The lowest BCUT2D eigenvalue weighted by Crippen LogP contribution is -2.25. The number of unbranched alkanes of at least 4 members (excludes halogenated alkanes) is 3. The minimum atomic E-state index is 0. The summed E-state index contributed by atoms with van der Waals surface area (Å²) < 4.78 is 5.20. The number of halogens is 1. The van der Waals surface area contributed by atoms with Crippen LogP contribution in [0.5, 0.6) is 0 Å². The van der Waals surface area contributed by atoms with Gasteiger partial charge in [-0.15, -0.1) is 12.4 Å². The van der Waals surface area contributed by atoms with Gasteiger partial charge in [0.2, 0.25) is 5.91 Å². The molecule has 1 amide bonds. The number of nitrogens with two attached hydrogens (primary N) is 1. The molecule has 4 nitrogen and oxygen atoms in total. The Bertz CT molecular complexity index is 315. The molecule has 0 bridgehead atoms. The molecule has 0 aliphatic carbocycles. The minimum Gasteiger partial charge on any atom is -0.467 e. The van der Waals surface area contributed by atoms with Gasteiger partial charge < -0.3 is 15.1 Å². The summed E-state index contributed by atoms with van der Waals surface area (Å²) in [6.45, 7) is 1.29. The zero-order valence-electron chi connectivity index (χ0n) is 10.9. The Morgan fingerprint density at radius 1 is 1.33 bits per heavy atom. The summed E-state index contributed by atoms with van der Waals surface area (Å²) in [5.74, 6) is 0.998. The summed E-state index contributed by atoms with van der Waals surface area (Å²) >= 11 is 0. The fraction of sp³-hybridized carbons (Fsp3) is 0.615. The fourth-order valence-corrected chi connectivity index (χ4v) is 1.69. The second kappa shape index (κ2) is 9.97. The van der Waals surface area contributed by atoms with E-state index in [1.807, 2.05) is 19.2 Å². The third-order valence-electron chi connectivity index (χ3n) is 2.74. The van der Waals surface area contributed by atoms with E-state index in [9.17, 15) is 4.79 Å². The van der Waals surface area contributed by atoms with Crippen LogP contribution in [0.2, 0.25) is 0 Å². The van der Waals surface area contributed by atoms with Gasteiger partial charge in [0.1, 0.15) is 5.76 Å². The first-order valence-electron chi connectivity index (χ1n) is 6.20. The maximum Gasteiger partial charge on any atom is 0.222 e. The van der Waals surface area contributed by atoms with E-state index in [-0.39, 0.29) is 18.3 Å². The predicted octanol–water partition coefficient (Wildman–Crippen LogP) is 2.57. The first-order valence-corrected chi connectivity index (χ1v) is 6.20. The number of carbonyl (C=O) groups excluding carboxylic acids is 1. The monoisotopic (exact) mass is 274 g/mol. The number of carbonyl (C=O) groups is 1. The van der Waals surface area contributed by atoms with Crippen molar-refractivity contribution in [1.29, 1.82) is 0 Å². The van der Waals surface area contributed by atoms with E-state index in [4.69, 9.17) is 10.2 Å². The maximum absolute atomic E-state index is 11.8. The van der Waals surface area contributed by atoms with Gasteiger partial charge in [-0.25, -0.2) is 0 Å². The summed E-state index contributed by atoms with van der Waals surface area (Å²) in [6, 6.07) is 3.71. The average molecular weight is 275 g/mol. The van der Waals surface area contributed by atoms with Crippen molar-refractivity contribution in [2.24, 2.45) is 5.73 Å². The van der Waals surface area contributed by atoms with Crippen molar-refractivity contribution in [3.05, 3.63) is 24.2 Å². The van der Waals surface area contributed by atoms with Gasteiger partial charge in [0.25, 0.3) is 0 Å². The zero-order chi connectivity index (χ0) is 12.5. The summed E-state index contributed by atoms with van der Waals surface area (Å²) in [7, 11) is 1.81. The Morgan fingerprint density at radius 3 is 2.67 bits per heavy atom. The number of rotatable bonds is 8. The molecular formula is C13H23ClN2O2. The molecule has 0 atom stereocenters. The van der Waals surface area contributed by atoms with Crippen LogP contribution in [0.15, 0.2) is 22.8 Å². The molecule has 1 rings (SSSR count). The van der Waals surface area contributed by atoms with Crippen LogP contribution in [0.3, 0.4) is 0 Å². The number of hydrogen-bond donors (Lipinski definition) is 1. The highest BCUT2D eigenvalue weighted by atomic mass is 35.5. The largest absolute Gasteiger partial charge is 0.467 e. The molecule has 0 aliphatic heterocycles. The molecule has 104 valence electrons. The highest BCUT2D eigenvalue weighted by Gasteiger charge is 2.09. The minimum absolute atomic E-state index is 0. The Morgan fingerprint density at radius 2 is 2.06 bits per heavy atom. The number of nitrogens with zero attached hydrogens (tertiary/aromatic N) is 1. The third-order valence-corrected chi connectivity index (χ3v) is 2.74. The van der Waals surface area contributed by atoms with Crippen molar-refractivity contribution < 1.29 is 9.21 Å². The van der Waals surface area contributed by atoms with Crippen molar-refractivity contribution in [3.63, 3.8) is 0 Å². The summed E-state index contributed by atoms with van der Waals surface area (Å²) in [4.78, 5) is 13.5. The first-order chi connectivity index (χ1) is 8.24. The molecule has 18 heavy (non-hydrogen) atoms. The number of hydrogen-bond acceptors (Lipinski definition) is 3. The van der Waals surface area contributed by atoms with Crippen LogP contribution in [-0.2, 0) is 11.3 Å². The van der Waals surface area contributed by atoms with Crippen LogP contribution < -0.4 is 5.73 Å². The van der Waals surface area contributed by atoms with Gasteiger partial charge in [0.05, 0.1) is 12.8 Å². The van der Waals surface area contributed by atoms with E-state index < -0.39 is 0 Å². The van der Waals surface area contributed by atoms with Crippen LogP contribution in [-0.4, -0.2) is 24.4 Å². The van der Waals surface area contributed by atoms with Crippen molar-refractivity contribution in [1.82, 2.24) is 4.90 Å². The quantitative estimate of drug-likeness (QED) is 0.741. The zero-order valence-corrected chi connectivity index (χ0v) is 11.7. The van der Waals surface area contributed by atoms with E-state index in [0.717, 1.165) is 38.0 Å². The van der Waals surface area contributed by atoms with E-state index in [1.54, 1.807) is 11.2 Å². The third kappa shape index (κ3) is 6.67. The normalized spacial score (nSPS) is 9.89. The molecule has 1 aromatic heterocycles. The van der Waals surface area contributed by atoms with E-state index in [1.165, 1.54) is 0 Å². The van der Waals surface area contributed by atoms with E-state index >= 15 is 0 Å². The summed E-state index contributed by atoms with van der Waals surface area (Å²) in [5, 5.41) is 0. The second-order valence-corrected chi connectivity index (χ2v) is 4.28. The molecule has 0 spiro atoms. The maximum atomic E-state index is 11.8. The Balaban J connectivity index is 0.00000289. The van der Waals surface area contributed by atoms with Gasteiger partial charge in [-0.2, -0.15) is 0 Å². The molecule has 0 saturated carbocycles. The second-order valence-electron chi connectivity index (χ2n) is 4.28. The summed E-state index contributed by atoms with van der Waals surface area (Å²) in [6.07, 6.45) is 6.43. The van der Waals surface area contributed by atoms with Gasteiger partial charge in [0.15, 0.2) is 0 Å². The highest BCUT2D eigenvalue weighted by molar-refractivity contribution is 5.85. The van der Waals surface area contributed by atoms with Gasteiger partial charge in [0, 0.05) is 13.5 Å². The standard InChI is InChI=1S/C13H22N2O2.ClH/c1-15(11-12-7-6-10-17-12)13(16)8-4-2-3-5-9-14;/h6-7,10H,2-5,8-9,11,14H2,1H3;1H. The van der Waals surface area contributed by atoms with Gasteiger partial charge in [-0.3, -0.25) is 4.79 Å². The molecule has 1 heterocycles. The molecule has 0 fully saturated rings. The Labute approximate surface area is 115 Å². The lowest BCUT2D eigenvalue weighted by molar-refractivity contribution is -0.130. The average Bonchev–Trinajstić information content (AvgIpc) is 2.81. The van der Waals surface area contributed by atoms with E-state index in [2.05, 4.69) is 0 Å². The molecular weight excluding hydrogens is 252 g/mol. The van der Waals surface area contributed by atoms with Crippen molar-refractivity contribution in [2.45, 2.75) is 38.6 Å². The lowest BCUT2D eigenvalue weighted by Gasteiger charge is -2.15. The van der Waals surface area contributed by atoms with Crippen molar-refractivity contribution in [2.75, 3.05) is 13.6 Å². The highest BCUT2D eigenvalue weighted by Crippen LogP contribution is 2.08. The summed E-state index contributed by atoms with van der Waals surface area (Å²) in [5.41, 5.74) is 5.41. The van der Waals surface area contributed by atoms with Crippen LogP contribution in [0.1, 0.15) is 37.9 Å². The molecule has 0 aromatic carbocycles. The molecule has 0 unspecified atom stereocenters. The topological polar surface area (TPSA) is 59.5 Å². The first kappa shape index (κ1) is 17.0. The van der Waals surface area contributed by atoms with E-state index in [0.29, 0.717) is 13.0 Å². The van der Waals surface area contributed by atoms with Crippen LogP contribution in [0.25, 0.3) is 0 Å². The Hall–Kier alpha value is -1.00. The molecule has 2 N–H and O–H groups in total. The van der Waals surface area contributed by atoms with Crippen molar-refractivity contribution in [3.8, 4) is 0 Å². The molecule has 0 saturated heterocycles. The van der Waals surface area contributed by atoms with Gasteiger partial charge in [-0.05, 0) is 31.5 Å². The molecule has 5 heteroatoms. The lowest BCUT2D eigenvalue weighted by atomic mass is 10.1.